The standard InChI is InChI=1S/C12H20N2O2S/c1-9-10(2)17-12(13-9)14-5-3-11(4-6-14)16-8-7-15/h11,15H,3-8H2,1-2H3. The zero-order valence-corrected chi connectivity index (χ0v) is 11.3. The van der Waals surface area contributed by atoms with Crippen molar-refractivity contribution in [3.05, 3.63) is 10.6 Å². The van der Waals surface area contributed by atoms with Crippen molar-refractivity contribution in [2.45, 2.75) is 32.8 Å². The maximum atomic E-state index is 8.72. The van der Waals surface area contributed by atoms with Gasteiger partial charge < -0.3 is 14.7 Å². The lowest BCUT2D eigenvalue weighted by Crippen LogP contribution is -2.37. The Morgan fingerprint density at radius 2 is 2.12 bits per heavy atom. The molecule has 5 heteroatoms. The average molecular weight is 256 g/mol. The molecule has 1 saturated heterocycles. The van der Waals surface area contributed by atoms with E-state index in [-0.39, 0.29) is 6.61 Å². The SMILES string of the molecule is Cc1nc(N2CCC(OCCO)CC2)sc1C. The van der Waals surface area contributed by atoms with Gasteiger partial charge in [-0.1, -0.05) is 0 Å². The third-order valence-electron chi connectivity index (χ3n) is 3.17. The number of anilines is 1. The normalized spacial score (nSPS) is 17.7. The highest BCUT2D eigenvalue weighted by Crippen LogP contribution is 2.28. The summed E-state index contributed by atoms with van der Waals surface area (Å²) in [4.78, 5) is 8.23. The minimum Gasteiger partial charge on any atom is -0.394 e. The van der Waals surface area contributed by atoms with E-state index < -0.39 is 0 Å². The molecule has 96 valence electrons. The lowest BCUT2D eigenvalue weighted by Gasteiger charge is -2.31. The number of aliphatic hydroxyl groups is 1. The van der Waals surface area contributed by atoms with E-state index >= 15 is 0 Å². The summed E-state index contributed by atoms with van der Waals surface area (Å²) >= 11 is 1.77. The van der Waals surface area contributed by atoms with E-state index in [1.807, 2.05) is 0 Å². The summed E-state index contributed by atoms with van der Waals surface area (Å²) in [5, 5.41) is 9.86. The molecule has 0 aliphatic carbocycles. The van der Waals surface area contributed by atoms with Crippen molar-refractivity contribution in [1.82, 2.24) is 4.98 Å². The predicted molar refractivity (Wildman–Crippen MR) is 69.9 cm³/mol. The van der Waals surface area contributed by atoms with Crippen LogP contribution in [0.15, 0.2) is 0 Å². The van der Waals surface area contributed by atoms with Gasteiger partial charge in [-0.2, -0.15) is 0 Å². The average Bonchev–Trinajstić information content (AvgIpc) is 2.68. The summed E-state index contributed by atoms with van der Waals surface area (Å²) in [7, 11) is 0. The maximum Gasteiger partial charge on any atom is 0.185 e. The van der Waals surface area contributed by atoms with Crippen molar-refractivity contribution in [3.8, 4) is 0 Å². The van der Waals surface area contributed by atoms with Crippen LogP contribution >= 0.6 is 11.3 Å². The number of piperidine rings is 1. The van der Waals surface area contributed by atoms with Crippen LogP contribution < -0.4 is 4.90 Å². The number of hydrogen-bond acceptors (Lipinski definition) is 5. The smallest absolute Gasteiger partial charge is 0.185 e. The van der Waals surface area contributed by atoms with Crippen LogP contribution in [0.1, 0.15) is 23.4 Å². The molecule has 0 amide bonds. The highest BCUT2D eigenvalue weighted by atomic mass is 32.1. The minimum absolute atomic E-state index is 0.116. The van der Waals surface area contributed by atoms with Gasteiger partial charge in [-0.3, -0.25) is 0 Å². The first-order valence-corrected chi connectivity index (χ1v) is 6.94. The number of hydrogen-bond donors (Lipinski definition) is 1. The fraction of sp³-hybridized carbons (Fsp3) is 0.750. The van der Waals surface area contributed by atoms with Crippen LogP contribution in [0.3, 0.4) is 0 Å². The van der Waals surface area contributed by atoms with E-state index in [0.717, 1.165) is 36.8 Å². The number of thiazole rings is 1. The molecule has 17 heavy (non-hydrogen) atoms. The maximum absolute atomic E-state index is 8.72. The lowest BCUT2D eigenvalue weighted by molar-refractivity contribution is 0.0159. The highest BCUT2D eigenvalue weighted by molar-refractivity contribution is 7.15. The van der Waals surface area contributed by atoms with Crippen molar-refractivity contribution in [2.24, 2.45) is 0 Å². The number of rotatable bonds is 4. The van der Waals surface area contributed by atoms with Crippen molar-refractivity contribution < 1.29 is 9.84 Å². The van der Waals surface area contributed by atoms with Crippen LogP contribution in [0.25, 0.3) is 0 Å². The number of aryl methyl sites for hydroxylation is 2. The summed E-state index contributed by atoms with van der Waals surface area (Å²) in [5.41, 5.74) is 1.14. The summed E-state index contributed by atoms with van der Waals surface area (Å²) in [6, 6.07) is 0. The minimum atomic E-state index is 0.116. The second kappa shape index (κ2) is 5.80. The van der Waals surface area contributed by atoms with Crippen molar-refractivity contribution in [3.63, 3.8) is 0 Å². The molecule has 0 unspecified atom stereocenters. The van der Waals surface area contributed by atoms with Gasteiger partial charge in [0, 0.05) is 18.0 Å². The molecule has 1 aromatic heterocycles. The molecule has 0 bridgehead atoms. The fourth-order valence-corrected chi connectivity index (χ4v) is 2.99. The molecular formula is C12H20N2O2S. The Labute approximate surface area is 106 Å². The molecule has 0 radical (unpaired) electrons. The number of nitrogens with zero attached hydrogens (tertiary/aromatic N) is 2. The van der Waals surface area contributed by atoms with Gasteiger partial charge in [0.15, 0.2) is 5.13 Å². The van der Waals surface area contributed by atoms with Crippen molar-refractivity contribution in [2.75, 3.05) is 31.2 Å². The van der Waals surface area contributed by atoms with Crippen LogP contribution in [0.5, 0.6) is 0 Å². The van der Waals surface area contributed by atoms with E-state index in [1.54, 1.807) is 11.3 Å². The molecule has 0 spiro atoms. The van der Waals surface area contributed by atoms with E-state index in [1.165, 1.54) is 4.88 Å². The summed E-state index contributed by atoms with van der Waals surface area (Å²) in [6.07, 6.45) is 2.36. The van der Waals surface area contributed by atoms with Gasteiger partial charge in [0.25, 0.3) is 0 Å². The van der Waals surface area contributed by atoms with Crippen LogP contribution in [0, 0.1) is 13.8 Å². The monoisotopic (exact) mass is 256 g/mol. The van der Waals surface area contributed by atoms with Gasteiger partial charge in [0.1, 0.15) is 0 Å². The van der Waals surface area contributed by atoms with Crippen molar-refractivity contribution in [1.29, 1.82) is 0 Å². The second-order valence-corrected chi connectivity index (χ2v) is 5.60. The molecule has 1 fully saturated rings. The van der Waals surface area contributed by atoms with Gasteiger partial charge in [-0.05, 0) is 26.7 Å². The number of aliphatic hydroxyl groups excluding tert-OH is 1. The van der Waals surface area contributed by atoms with Gasteiger partial charge >= 0.3 is 0 Å². The van der Waals surface area contributed by atoms with Crippen LogP contribution in [-0.2, 0) is 4.74 Å². The molecule has 1 aliphatic heterocycles. The number of ether oxygens (including phenoxy) is 1. The third-order valence-corrected chi connectivity index (χ3v) is 4.31. The molecule has 2 rings (SSSR count). The summed E-state index contributed by atoms with van der Waals surface area (Å²) in [6.45, 7) is 6.76. The largest absolute Gasteiger partial charge is 0.394 e. The molecule has 2 heterocycles. The Morgan fingerprint density at radius 1 is 1.41 bits per heavy atom. The molecule has 0 saturated carbocycles. The molecular weight excluding hydrogens is 236 g/mol. The first kappa shape index (κ1) is 12.8. The zero-order chi connectivity index (χ0) is 12.3. The van der Waals surface area contributed by atoms with E-state index in [2.05, 4.69) is 23.7 Å². The lowest BCUT2D eigenvalue weighted by atomic mass is 10.1. The third kappa shape index (κ3) is 3.18. The molecule has 1 aliphatic rings. The second-order valence-electron chi connectivity index (χ2n) is 4.42. The van der Waals surface area contributed by atoms with Gasteiger partial charge in [0.05, 0.1) is 25.0 Å². The Bertz CT molecular complexity index is 340. The van der Waals surface area contributed by atoms with Gasteiger partial charge in [-0.15, -0.1) is 11.3 Å². The van der Waals surface area contributed by atoms with Gasteiger partial charge in [0.2, 0.25) is 0 Å². The molecule has 0 aromatic carbocycles. The Morgan fingerprint density at radius 3 is 2.65 bits per heavy atom. The topological polar surface area (TPSA) is 45.6 Å². The van der Waals surface area contributed by atoms with Crippen LogP contribution in [0.2, 0.25) is 0 Å². The van der Waals surface area contributed by atoms with E-state index in [0.29, 0.717) is 12.7 Å². The molecule has 1 aromatic rings. The Balaban J connectivity index is 1.86. The quantitative estimate of drug-likeness (QED) is 0.891. The Kier molecular flexibility index (Phi) is 4.36. The van der Waals surface area contributed by atoms with Gasteiger partial charge in [-0.25, -0.2) is 4.98 Å². The highest BCUT2D eigenvalue weighted by Gasteiger charge is 2.21. The zero-order valence-electron chi connectivity index (χ0n) is 10.5. The molecule has 4 nitrogen and oxygen atoms in total. The van der Waals surface area contributed by atoms with Crippen molar-refractivity contribution >= 4 is 16.5 Å². The van der Waals surface area contributed by atoms with Crippen LogP contribution in [0.4, 0.5) is 5.13 Å². The van der Waals surface area contributed by atoms with E-state index in [9.17, 15) is 0 Å². The predicted octanol–water partition coefficient (Wildman–Crippen LogP) is 1.74. The summed E-state index contributed by atoms with van der Waals surface area (Å²) < 4.78 is 5.55. The molecule has 0 atom stereocenters. The fourth-order valence-electron chi connectivity index (χ4n) is 2.02. The molecule has 1 N–H and O–H groups in total. The summed E-state index contributed by atoms with van der Waals surface area (Å²) in [5.74, 6) is 0. The van der Waals surface area contributed by atoms with Crippen LogP contribution in [-0.4, -0.2) is 42.5 Å². The van der Waals surface area contributed by atoms with E-state index in [4.69, 9.17) is 9.84 Å². The first-order valence-electron chi connectivity index (χ1n) is 6.12. The first-order chi connectivity index (χ1) is 8.20. The number of aromatic nitrogens is 1. The Hall–Kier alpha value is -0.650.